The van der Waals surface area contributed by atoms with Crippen molar-refractivity contribution in [2.45, 2.75) is 30.2 Å². The van der Waals surface area contributed by atoms with Crippen molar-refractivity contribution >= 4 is 21.6 Å². The highest BCUT2D eigenvalue weighted by Gasteiger charge is 2.35. The van der Waals surface area contributed by atoms with E-state index >= 15 is 4.39 Å². The number of hydrogen-bond acceptors (Lipinski definition) is 5. The summed E-state index contributed by atoms with van der Waals surface area (Å²) in [7, 11) is -3.86. The van der Waals surface area contributed by atoms with Gasteiger partial charge in [0.25, 0.3) is 0 Å². The van der Waals surface area contributed by atoms with Crippen LogP contribution in [0.3, 0.4) is 0 Å². The number of nitrogens with zero attached hydrogens (tertiary/aromatic N) is 2. The second-order valence-corrected chi connectivity index (χ2v) is 12.4. The van der Waals surface area contributed by atoms with Gasteiger partial charge in [-0.1, -0.05) is 49.4 Å². The average molecular weight is 609 g/mol. The van der Waals surface area contributed by atoms with E-state index in [0.717, 1.165) is 6.20 Å². The van der Waals surface area contributed by atoms with Crippen LogP contribution in [-0.2, 0) is 21.2 Å². The highest BCUT2D eigenvalue weighted by atomic mass is 32.2. The van der Waals surface area contributed by atoms with Crippen LogP contribution < -0.4 is 10.6 Å². The first-order valence-electron chi connectivity index (χ1n) is 13.9. The van der Waals surface area contributed by atoms with Gasteiger partial charge in [0.15, 0.2) is 0 Å². The number of benzene rings is 3. The third kappa shape index (κ3) is 6.79. The van der Waals surface area contributed by atoms with Crippen LogP contribution >= 0.6 is 0 Å². The molecule has 1 saturated heterocycles. The molecule has 3 aromatic carbocycles. The van der Waals surface area contributed by atoms with E-state index < -0.39 is 51.3 Å². The number of piperazine rings is 1. The normalized spacial score (nSPS) is 16.6. The first-order valence-corrected chi connectivity index (χ1v) is 15.3. The molecule has 0 saturated carbocycles. The molecule has 1 aromatic heterocycles. The maximum Gasteiger partial charge on any atom is 0.243 e. The molecule has 0 bridgehead atoms. The molecular weight excluding hydrogens is 577 g/mol. The van der Waals surface area contributed by atoms with Gasteiger partial charge >= 0.3 is 0 Å². The molecule has 0 radical (unpaired) electrons. The summed E-state index contributed by atoms with van der Waals surface area (Å²) in [4.78, 5) is 17.7. The lowest BCUT2D eigenvalue weighted by molar-refractivity contribution is -0.119. The minimum atomic E-state index is -3.86. The zero-order chi connectivity index (χ0) is 30.6. The number of nitrogens with one attached hydrogen (secondary N) is 2. The highest BCUT2D eigenvalue weighted by molar-refractivity contribution is 7.89. The topological polar surface area (TPSA) is 91.4 Å². The molecule has 7 nitrogen and oxygen atoms in total. The van der Waals surface area contributed by atoms with E-state index in [-0.39, 0.29) is 35.7 Å². The second kappa shape index (κ2) is 13.1. The van der Waals surface area contributed by atoms with Crippen molar-refractivity contribution in [1.82, 2.24) is 14.6 Å². The lowest BCUT2D eigenvalue weighted by Crippen LogP contribution is -2.54. The number of aromatic nitrogens is 1. The number of hydrogen-bond donors (Lipinski definition) is 2. The molecule has 1 aliphatic rings. The van der Waals surface area contributed by atoms with E-state index in [9.17, 15) is 22.0 Å². The van der Waals surface area contributed by atoms with Gasteiger partial charge in [-0.3, -0.25) is 9.78 Å². The molecule has 43 heavy (non-hydrogen) atoms. The highest BCUT2D eigenvalue weighted by Crippen LogP contribution is 2.34. The summed E-state index contributed by atoms with van der Waals surface area (Å²) in [5.74, 6) is -3.34. The number of carbonyl (C=O) groups is 1. The average Bonchev–Trinajstić information content (AvgIpc) is 3.01. The van der Waals surface area contributed by atoms with E-state index in [1.807, 2.05) is 0 Å². The number of halogens is 3. The van der Waals surface area contributed by atoms with Crippen LogP contribution in [0.15, 0.2) is 96.2 Å². The zero-order valence-electron chi connectivity index (χ0n) is 23.4. The van der Waals surface area contributed by atoms with Crippen LogP contribution in [0.25, 0.3) is 0 Å². The molecule has 4 aromatic rings. The van der Waals surface area contributed by atoms with Crippen LogP contribution in [-0.4, -0.2) is 49.3 Å². The molecule has 2 atom stereocenters. The maximum atomic E-state index is 15.3. The minimum absolute atomic E-state index is 0.0171. The third-order valence-corrected chi connectivity index (χ3v) is 9.69. The van der Waals surface area contributed by atoms with E-state index in [2.05, 4.69) is 15.6 Å². The molecule has 1 aliphatic heterocycles. The molecule has 2 heterocycles. The van der Waals surface area contributed by atoms with Gasteiger partial charge in [-0.15, -0.1) is 0 Å². The lowest BCUT2D eigenvalue weighted by atomic mass is 9.81. The smallest absolute Gasteiger partial charge is 0.243 e. The Kier molecular flexibility index (Phi) is 9.24. The number of carbonyl (C=O) groups excluding carboxylic acids is 1. The molecule has 1 amide bonds. The summed E-state index contributed by atoms with van der Waals surface area (Å²) in [5, 5.41) is 5.97. The Morgan fingerprint density at radius 3 is 2.16 bits per heavy atom. The van der Waals surface area contributed by atoms with Gasteiger partial charge in [0.2, 0.25) is 15.9 Å². The van der Waals surface area contributed by atoms with Crippen LogP contribution in [0.5, 0.6) is 0 Å². The molecule has 224 valence electrons. The van der Waals surface area contributed by atoms with Crippen molar-refractivity contribution < 1.29 is 26.4 Å². The van der Waals surface area contributed by atoms with Gasteiger partial charge in [-0.2, -0.15) is 4.31 Å². The predicted molar refractivity (Wildman–Crippen MR) is 157 cm³/mol. The maximum absolute atomic E-state index is 15.3. The molecule has 11 heteroatoms. The monoisotopic (exact) mass is 608 g/mol. The van der Waals surface area contributed by atoms with Crippen LogP contribution in [0.4, 0.5) is 18.9 Å². The molecule has 1 unspecified atom stereocenters. The Morgan fingerprint density at radius 2 is 1.56 bits per heavy atom. The molecule has 0 spiro atoms. The fraction of sp³-hybridized carbons (Fsp3) is 0.250. The Bertz CT molecular complexity index is 1630. The van der Waals surface area contributed by atoms with Gasteiger partial charge in [-0.25, -0.2) is 21.6 Å². The summed E-state index contributed by atoms with van der Waals surface area (Å²) < 4.78 is 71.1. The second-order valence-electron chi connectivity index (χ2n) is 10.5. The zero-order valence-corrected chi connectivity index (χ0v) is 24.2. The lowest BCUT2D eigenvalue weighted by Gasteiger charge is -2.35. The van der Waals surface area contributed by atoms with Gasteiger partial charge in [0.05, 0.1) is 23.0 Å². The molecule has 1 fully saturated rings. The number of anilines is 1. The molecular formula is C32H31F3N4O3S. The number of pyridine rings is 1. The fourth-order valence-corrected chi connectivity index (χ4v) is 7.13. The van der Waals surface area contributed by atoms with E-state index in [0.29, 0.717) is 17.7 Å². The fourth-order valence-electron chi connectivity index (χ4n) is 5.48. The Balaban J connectivity index is 1.42. The predicted octanol–water partition coefficient (Wildman–Crippen LogP) is 5.11. The van der Waals surface area contributed by atoms with Crippen molar-refractivity contribution in [3.05, 3.63) is 125 Å². The van der Waals surface area contributed by atoms with E-state index in [1.54, 1.807) is 49.4 Å². The van der Waals surface area contributed by atoms with E-state index in [1.165, 1.54) is 46.9 Å². The third-order valence-electron chi connectivity index (χ3n) is 7.72. The largest absolute Gasteiger partial charge is 0.324 e. The van der Waals surface area contributed by atoms with Crippen molar-refractivity contribution in [2.75, 3.05) is 25.0 Å². The Labute approximate surface area is 248 Å². The van der Waals surface area contributed by atoms with Crippen LogP contribution in [0.1, 0.15) is 29.5 Å². The quantitative estimate of drug-likeness (QED) is 0.276. The molecule has 5 rings (SSSR count). The van der Waals surface area contributed by atoms with Crippen LogP contribution in [0, 0.1) is 23.4 Å². The Hall–Kier alpha value is -4.06. The Morgan fingerprint density at radius 1 is 0.953 bits per heavy atom. The van der Waals surface area contributed by atoms with E-state index in [4.69, 9.17) is 0 Å². The summed E-state index contributed by atoms with van der Waals surface area (Å²) in [6.07, 6.45) is 2.34. The number of rotatable bonds is 9. The van der Waals surface area contributed by atoms with Gasteiger partial charge < -0.3 is 10.6 Å². The van der Waals surface area contributed by atoms with Gasteiger partial charge in [-0.05, 0) is 53.9 Å². The first kappa shape index (κ1) is 30.4. The number of amides is 1. The van der Waals surface area contributed by atoms with Gasteiger partial charge in [0.1, 0.15) is 17.5 Å². The summed E-state index contributed by atoms with van der Waals surface area (Å²) in [5.41, 5.74) is 1.53. The SMILES string of the molecule is C[C@H](C(=O)Nc1cncc(F)c1CC1CNCCN1S(=O)(=O)c1ccccc1)C(c1ccc(F)cc1)c1ccc(F)cc1. The van der Waals surface area contributed by atoms with Crippen molar-refractivity contribution in [1.29, 1.82) is 0 Å². The summed E-state index contributed by atoms with van der Waals surface area (Å²) in [6, 6.07) is 18.9. The van der Waals surface area contributed by atoms with Crippen molar-refractivity contribution in [3.8, 4) is 0 Å². The first-order chi connectivity index (χ1) is 20.6. The summed E-state index contributed by atoms with van der Waals surface area (Å²) in [6.45, 7) is 2.61. The standard InChI is InChI=1S/C32H31F3N4O3S/c1-21(31(22-7-11-24(33)12-8-22)23-9-13-25(34)14-10-23)32(40)38-30-20-37-19-29(35)28(30)17-26-18-36-15-16-39(26)43(41,42)27-5-3-2-4-6-27/h2-14,19-21,26,31,36H,15-18H2,1H3,(H,38,40)/t21-,26?/m0/s1. The summed E-state index contributed by atoms with van der Waals surface area (Å²) >= 11 is 0. The minimum Gasteiger partial charge on any atom is -0.324 e. The molecule has 0 aliphatic carbocycles. The van der Waals surface area contributed by atoms with Crippen LogP contribution in [0.2, 0.25) is 0 Å². The number of sulfonamides is 1. The van der Waals surface area contributed by atoms with Gasteiger partial charge in [0, 0.05) is 43.1 Å². The van der Waals surface area contributed by atoms with Crippen molar-refractivity contribution in [2.24, 2.45) is 5.92 Å². The van der Waals surface area contributed by atoms with Crippen molar-refractivity contribution in [3.63, 3.8) is 0 Å². The molecule has 2 N–H and O–H groups in total.